The number of anilines is 1. The van der Waals surface area contributed by atoms with E-state index in [2.05, 4.69) is 64.6 Å². The molecular formula is C18H18BrNO. The molecule has 0 aromatic heterocycles. The summed E-state index contributed by atoms with van der Waals surface area (Å²) >= 11 is 3.87. The minimum atomic E-state index is 0.0865. The highest BCUT2D eigenvalue weighted by atomic mass is 79.9. The van der Waals surface area contributed by atoms with E-state index in [9.17, 15) is 4.79 Å². The smallest absolute Gasteiger partial charge is 0.228 e. The first kappa shape index (κ1) is 14.3. The van der Waals surface area contributed by atoms with E-state index < -0.39 is 0 Å². The summed E-state index contributed by atoms with van der Waals surface area (Å²) in [6, 6.07) is 16.9. The second-order valence-electron chi connectivity index (χ2n) is 5.47. The van der Waals surface area contributed by atoms with Gasteiger partial charge in [0, 0.05) is 16.4 Å². The van der Waals surface area contributed by atoms with E-state index in [1.807, 2.05) is 12.1 Å². The molecular weight excluding hydrogens is 326 g/mol. The number of hydrogen-bond acceptors (Lipinski definition) is 1. The molecule has 2 nitrogen and oxygen atoms in total. The molecule has 1 amide bonds. The van der Waals surface area contributed by atoms with Gasteiger partial charge in [0.15, 0.2) is 0 Å². The van der Waals surface area contributed by atoms with Gasteiger partial charge < -0.3 is 5.32 Å². The molecule has 0 saturated heterocycles. The first-order valence-electron chi connectivity index (χ1n) is 7.30. The zero-order chi connectivity index (χ0) is 14.8. The van der Waals surface area contributed by atoms with Crippen molar-refractivity contribution in [1.82, 2.24) is 0 Å². The Hall–Kier alpha value is -1.61. The molecule has 3 rings (SSSR count). The number of carbonyl (C=O) groups excluding carboxylic acids is 1. The van der Waals surface area contributed by atoms with Crippen molar-refractivity contribution in [1.29, 1.82) is 0 Å². The fourth-order valence-electron chi connectivity index (χ4n) is 2.96. The van der Waals surface area contributed by atoms with Gasteiger partial charge in [-0.05, 0) is 29.2 Å². The third kappa shape index (κ3) is 2.88. The quantitative estimate of drug-likeness (QED) is 0.793. The van der Waals surface area contributed by atoms with Crippen molar-refractivity contribution in [3.8, 4) is 0 Å². The lowest BCUT2D eigenvalue weighted by Crippen LogP contribution is -2.05. The lowest BCUT2D eigenvalue weighted by molar-refractivity contribution is -0.115. The van der Waals surface area contributed by atoms with Crippen molar-refractivity contribution in [2.24, 2.45) is 0 Å². The Morgan fingerprint density at radius 1 is 1.14 bits per heavy atom. The average molecular weight is 344 g/mol. The van der Waals surface area contributed by atoms with Gasteiger partial charge in [-0.25, -0.2) is 0 Å². The molecule has 108 valence electrons. The Morgan fingerprint density at radius 3 is 2.62 bits per heavy atom. The number of amides is 1. The van der Waals surface area contributed by atoms with Crippen molar-refractivity contribution >= 4 is 27.5 Å². The minimum Gasteiger partial charge on any atom is -0.326 e. The Bertz CT molecular complexity index is 654. The van der Waals surface area contributed by atoms with E-state index in [0.29, 0.717) is 12.3 Å². The molecule has 2 aromatic rings. The Morgan fingerprint density at radius 2 is 1.90 bits per heavy atom. The third-order valence-electron chi connectivity index (χ3n) is 4.09. The monoisotopic (exact) mass is 343 g/mol. The molecule has 21 heavy (non-hydrogen) atoms. The number of benzene rings is 2. The largest absolute Gasteiger partial charge is 0.326 e. The molecule has 3 heteroatoms. The van der Waals surface area contributed by atoms with Gasteiger partial charge in [0.2, 0.25) is 5.91 Å². The SMILES string of the molecule is CCC(c1ccccc1)C(Br)c1ccc2c(c1)CC(=O)N2. The zero-order valence-electron chi connectivity index (χ0n) is 12.0. The Labute approximate surface area is 133 Å². The van der Waals surface area contributed by atoms with Crippen molar-refractivity contribution in [2.45, 2.75) is 30.5 Å². The molecule has 2 atom stereocenters. The maximum Gasteiger partial charge on any atom is 0.228 e. The van der Waals surface area contributed by atoms with Gasteiger partial charge in [-0.3, -0.25) is 4.79 Å². The van der Waals surface area contributed by atoms with Crippen LogP contribution in [-0.2, 0) is 11.2 Å². The highest BCUT2D eigenvalue weighted by Gasteiger charge is 2.24. The highest BCUT2D eigenvalue weighted by molar-refractivity contribution is 9.09. The van der Waals surface area contributed by atoms with Crippen LogP contribution in [0.3, 0.4) is 0 Å². The van der Waals surface area contributed by atoms with Gasteiger partial charge in [0.05, 0.1) is 6.42 Å². The number of alkyl halides is 1. The molecule has 2 unspecified atom stereocenters. The van der Waals surface area contributed by atoms with Crippen LogP contribution in [0.25, 0.3) is 0 Å². The molecule has 0 fully saturated rings. The van der Waals surface area contributed by atoms with Crippen LogP contribution in [0.15, 0.2) is 48.5 Å². The second-order valence-corrected chi connectivity index (χ2v) is 6.46. The lowest BCUT2D eigenvalue weighted by Gasteiger charge is -2.22. The number of rotatable bonds is 4. The lowest BCUT2D eigenvalue weighted by atomic mass is 9.89. The Kier molecular flexibility index (Phi) is 4.11. The highest BCUT2D eigenvalue weighted by Crippen LogP contribution is 2.41. The minimum absolute atomic E-state index is 0.0865. The number of hydrogen-bond donors (Lipinski definition) is 1. The van der Waals surface area contributed by atoms with Crippen LogP contribution in [0.1, 0.15) is 40.8 Å². The van der Waals surface area contributed by atoms with Crippen molar-refractivity contribution < 1.29 is 4.79 Å². The fraction of sp³-hybridized carbons (Fsp3) is 0.278. The number of nitrogens with one attached hydrogen (secondary N) is 1. The third-order valence-corrected chi connectivity index (χ3v) is 5.26. The summed E-state index contributed by atoms with van der Waals surface area (Å²) in [5.74, 6) is 0.512. The van der Waals surface area contributed by atoms with E-state index in [1.54, 1.807) is 0 Å². The molecule has 2 aromatic carbocycles. The van der Waals surface area contributed by atoms with Gasteiger partial charge in [-0.1, -0.05) is 65.3 Å². The van der Waals surface area contributed by atoms with Crippen molar-refractivity contribution in [3.63, 3.8) is 0 Å². The van der Waals surface area contributed by atoms with Crippen LogP contribution in [0.2, 0.25) is 0 Å². The van der Waals surface area contributed by atoms with E-state index in [4.69, 9.17) is 0 Å². The molecule has 0 radical (unpaired) electrons. The number of carbonyl (C=O) groups is 1. The summed E-state index contributed by atoms with van der Waals surface area (Å²) in [6.07, 6.45) is 1.55. The van der Waals surface area contributed by atoms with E-state index in [0.717, 1.165) is 17.7 Å². The molecule has 1 N–H and O–H groups in total. The van der Waals surface area contributed by atoms with E-state index in [-0.39, 0.29) is 10.7 Å². The van der Waals surface area contributed by atoms with Crippen LogP contribution in [0.4, 0.5) is 5.69 Å². The van der Waals surface area contributed by atoms with Gasteiger partial charge in [0.25, 0.3) is 0 Å². The maximum absolute atomic E-state index is 11.5. The fourth-order valence-corrected chi connectivity index (χ4v) is 3.93. The van der Waals surface area contributed by atoms with E-state index >= 15 is 0 Å². The predicted molar refractivity (Wildman–Crippen MR) is 89.9 cm³/mol. The van der Waals surface area contributed by atoms with Crippen LogP contribution in [-0.4, -0.2) is 5.91 Å². The average Bonchev–Trinajstić information content (AvgIpc) is 2.88. The van der Waals surface area contributed by atoms with Gasteiger partial charge >= 0.3 is 0 Å². The van der Waals surface area contributed by atoms with Crippen LogP contribution in [0, 0.1) is 0 Å². The van der Waals surface area contributed by atoms with Crippen molar-refractivity contribution in [2.75, 3.05) is 5.32 Å². The maximum atomic E-state index is 11.5. The summed E-state index contributed by atoms with van der Waals surface area (Å²) in [5.41, 5.74) is 4.64. The van der Waals surface area contributed by atoms with Crippen molar-refractivity contribution in [3.05, 3.63) is 65.2 Å². The van der Waals surface area contributed by atoms with Crippen LogP contribution >= 0.6 is 15.9 Å². The molecule has 0 aliphatic carbocycles. The van der Waals surface area contributed by atoms with E-state index in [1.165, 1.54) is 11.1 Å². The summed E-state index contributed by atoms with van der Waals surface area (Å²) < 4.78 is 0. The predicted octanol–water partition coefficient (Wildman–Crippen LogP) is 4.81. The van der Waals surface area contributed by atoms with Gasteiger partial charge in [-0.15, -0.1) is 0 Å². The Balaban J connectivity index is 1.89. The molecule has 0 spiro atoms. The number of halogens is 1. The molecule has 1 aliphatic heterocycles. The summed E-state index contributed by atoms with van der Waals surface area (Å²) in [4.78, 5) is 11.7. The van der Waals surface area contributed by atoms with Gasteiger partial charge in [-0.2, -0.15) is 0 Å². The summed E-state index contributed by atoms with van der Waals surface area (Å²) in [7, 11) is 0. The van der Waals surface area contributed by atoms with Gasteiger partial charge in [0.1, 0.15) is 0 Å². The normalized spacial score (nSPS) is 16.2. The summed E-state index contributed by atoms with van der Waals surface area (Å²) in [5, 5.41) is 2.88. The summed E-state index contributed by atoms with van der Waals surface area (Å²) in [6.45, 7) is 2.21. The number of fused-ring (bicyclic) bond motifs is 1. The standard InChI is InChI=1S/C18H18BrNO/c1-2-15(12-6-4-3-5-7-12)18(19)13-8-9-16-14(10-13)11-17(21)20-16/h3-10,15,18H,2,11H2,1H3,(H,20,21). The van der Waals surface area contributed by atoms with Crippen LogP contribution in [0.5, 0.6) is 0 Å². The topological polar surface area (TPSA) is 29.1 Å². The second kappa shape index (κ2) is 6.02. The van der Waals surface area contributed by atoms with Crippen LogP contribution < -0.4 is 5.32 Å². The first-order valence-corrected chi connectivity index (χ1v) is 8.22. The molecule has 1 heterocycles. The molecule has 1 aliphatic rings. The first-order chi connectivity index (χ1) is 10.2. The molecule has 0 saturated carbocycles. The molecule has 0 bridgehead atoms. The zero-order valence-corrected chi connectivity index (χ0v) is 13.6.